The molecule has 9 nitrogen and oxygen atoms in total. The Balaban J connectivity index is 1.57. The number of hydrogen-bond acceptors (Lipinski definition) is 8. The molecule has 4 rings (SSSR count). The zero-order valence-electron chi connectivity index (χ0n) is 16.1. The Labute approximate surface area is 177 Å². The first-order valence-corrected chi connectivity index (χ1v) is 10.2. The second-order valence-electron chi connectivity index (χ2n) is 6.75. The van der Waals surface area contributed by atoms with Crippen LogP contribution in [-0.4, -0.2) is 48.5 Å². The monoisotopic (exact) mass is 425 g/mol. The number of thioether (sulfide) groups is 1. The van der Waals surface area contributed by atoms with Crippen LogP contribution in [0.2, 0.25) is 0 Å². The maximum absolute atomic E-state index is 9.17. The van der Waals surface area contributed by atoms with Crippen LogP contribution in [0.25, 0.3) is 10.4 Å². The van der Waals surface area contributed by atoms with E-state index in [2.05, 4.69) is 21.1 Å². The summed E-state index contributed by atoms with van der Waals surface area (Å²) in [6, 6.07) is 12.7. The molecule has 0 aliphatic carbocycles. The fourth-order valence-electron chi connectivity index (χ4n) is 3.56. The zero-order valence-corrected chi connectivity index (χ0v) is 16.9. The summed E-state index contributed by atoms with van der Waals surface area (Å²) in [4.78, 5) is 7.85. The Bertz CT molecular complexity index is 965. The Morgan fingerprint density at radius 1 is 1.30 bits per heavy atom. The first-order chi connectivity index (χ1) is 14.7. The average Bonchev–Trinajstić information content (AvgIpc) is 2.80. The molecule has 10 heteroatoms. The van der Waals surface area contributed by atoms with Crippen LogP contribution < -0.4 is 0 Å². The predicted octanol–water partition coefficient (Wildman–Crippen LogP) is 3.58. The third kappa shape index (κ3) is 4.27. The van der Waals surface area contributed by atoms with Crippen molar-refractivity contribution in [3.63, 3.8) is 0 Å². The van der Waals surface area contributed by atoms with E-state index < -0.39 is 36.1 Å². The van der Waals surface area contributed by atoms with Gasteiger partial charge < -0.3 is 18.9 Å². The first-order valence-electron chi connectivity index (χ1n) is 9.29. The third-order valence-corrected chi connectivity index (χ3v) is 6.04. The fourth-order valence-corrected chi connectivity index (χ4v) is 4.75. The van der Waals surface area contributed by atoms with Gasteiger partial charge in [-0.1, -0.05) is 47.2 Å². The van der Waals surface area contributed by atoms with Gasteiger partial charge in [0.05, 0.1) is 18.2 Å². The van der Waals surface area contributed by atoms with Gasteiger partial charge in [-0.3, -0.25) is 4.98 Å². The molecule has 2 aliphatic rings. The highest BCUT2D eigenvalue weighted by Gasteiger charge is 2.50. The fraction of sp³-hybridized carbons (Fsp3) is 0.400. The van der Waals surface area contributed by atoms with Crippen molar-refractivity contribution in [3.8, 4) is 6.07 Å². The van der Waals surface area contributed by atoms with Gasteiger partial charge in [-0.15, -0.1) is 0 Å². The molecule has 0 saturated carbocycles. The molecule has 2 saturated heterocycles. The number of ether oxygens (including phenoxy) is 4. The summed E-state index contributed by atoms with van der Waals surface area (Å²) in [6.07, 6.45) is 1.04. The van der Waals surface area contributed by atoms with Crippen molar-refractivity contribution in [1.82, 2.24) is 4.98 Å². The van der Waals surface area contributed by atoms with Crippen molar-refractivity contribution in [2.75, 3.05) is 13.7 Å². The normalized spacial score (nSPS) is 30.5. The molecule has 2 aromatic rings. The molecule has 4 unspecified atom stereocenters. The lowest BCUT2D eigenvalue weighted by molar-refractivity contribution is -0.298. The number of hydrogen-bond donors (Lipinski definition) is 0. The predicted molar refractivity (Wildman–Crippen MR) is 107 cm³/mol. The van der Waals surface area contributed by atoms with E-state index in [1.807, 2.05) is 30.3 Å². The van der Waals surface area contributed by atoms with Gasteiger partial charge in [0.2, 0.25) is 0 Å². The summed E-state index contributed by atoms with van der Waals surface area (Å²) < 4.78 is 23.9. The van der Waals surface area contributed by atoms with E-state index in [0.717, 1.165) is 10.5 Å². The topological polar surface area (TPSA) is 122 Å². The lowest BCUT2D eigenvalue weighted by Crippen LogP contribution is -2.60. The summed E-state index contributed by atoms with van der Waals surface area (Å²) >= 11 is 1.35. The Hall–Kier alpha value is -2.64. The minimum Gasteiger partial charge on any atom is -0.377 e. The molecule has 30 heavy (non-hydrogen) atoms. The van der Waals surface area contributed by atoms with Crippen LogP contribution in [0.4, 0.5) is 0 Å². The van der Waals surface area contributed by atoms with E-state index in [1.165, 1.54) is 18.0 Å². The molecule has 2 fully saturated rings. The number of benzene rings is 1. The van der Waals surface area contributed by atoms with Crippen LogP contribution in [-0.2, 0) is 18.9 Å². The molecular weight excluding hydrogens is 406 g/mol. The van der Waals surface area contributed by atoms with E-state index >= 15 is 0 Å². The molecule has 0 N–H and O–H groups in total. The first kappa shape index (κ1) is 20.6. The standard InChI is InChI=1S/C20H19N5O4S/c1-26-18-16(24-25-22)17-15(11-27-19(29-17)13-5-3-2-4-6-13)28-20(18)30-14-7-12(8-21)9-23-10-14/h2-7,9-10,15-20H,11H2,1H3/t15?,16?,17-,18?,19?,20+/m0/s1. The van der Waals surface area contributed by atoms with E-state index in [1.54, 1.807) is 19.4 Å². The van der Waals surface area contributed by atoms with Gasteiger partial charge in [-0.25, -0.2) is 0 Å². The number of rotatable bonds is 5. The van der Waals surface area contributed by atoms with Crippen LogP contribution in [0, 0.1) is 11.3 Å². The van der Waals surface area contributed by atoms with Crippen LogP contribution >= 0.6 is 11.8 Å². The second-order valence-corrected chi connectivity index (χ2v) is 7.93. The third-order valence-electron chi connectivity index (χ3n) is 4.93. The highest BCUT2D eigenvalue weighted by atomic mass is 32.2. The molecule has 6 atom stereocenters. The number of methoxy groups -OCH3 is 1. The SMILES string of the molecule is COC1C(N=[N+]=[N-])[C@H]2OC(c3ccccc3)OCC2O[C@@H]1Sc1cncc(C#N)c1. The van der Waals surface area contributed by atoms with Crippen LogP contribution in [0.3, 0.4) is 0 Å². The van der Waals surface area contributed by atoms with E-state index in [4.69, 9.17) is 24.2 Å². The summed E-state index contributed by atoms with van der Waals surface area (Å²) in [5, 5.41) is 13.1. The van der Waals surface area contributed by atoms with Gasteiger partial charge in [0.25, 0.3) is 0 Å². The maximum Gasteiger partial charge on any atom is 0.184 e. The van der Waals surface area contributed by atoms with Crippen molar-refractivity contribution in [3.05, 3.63) is 70.4 Å². The van der Waals surface area contributed by atoms with Crippen LogP contribution in [0.1, 0.15) is 17.4 Å². The molecule has 0 bridgehead atoms. The average molecular weight is 425 g/mol. The van der Waals surface area contributed by atoms with Crippen molar-refractivity contribution in [2.24, 2.45) is 5.11 Å². The van der Waals surface area contributed by atoms with Gasteiger partial charge in [-0.05, 0) is 11.6 Å². The minimum atomic E-state index is -0.613. The summed E-state index contributed by atoms with van der Waals surface area (Å²) in [5.41, 5.74) is 10.00. The second kappa shape index (κ2) is 9.45. The van der Waals surface area contributed by atoms with Crippen molar-refractivity contribution in [1.29, 1.82) is 5.26 Å². The Morgan fingerprint density at radius 3 is 2.87 bits per heavy atom. The lowest BCUT2D eigenvalue weighted by Gasteiger charge is -2.47. The quantitative estimate of drug-likeness (QED) is 0.407. The number of azide groups is 1. The number of nitriles is 1. The number of pyridine rings is 1. The molecular formula is C20H19N5O4S. The van der Waals surface area contributed by atoms with E-state index in [-0.39, 0.29) is 6.61 Å². The summed E-state index contributed by atoms with van der Waals surface area (Å²) in [6.45, 7) is 0.283. The van der Waals surface area contributed by atoms with Crippen LogP contribution in [0.15, 0.2) is 58.8 Å². The van der Waals surface area contributed by atoms with Gasteiger partial charge >= 0.3 is 0 Å². The Kier molecular flexibility index (Phi) is 6.50. The molecule has 3 heterocycles. The highest BCUT2D eigenvalue weighted by Crippen LogP contribution is 2.40. The van der Waals surface area contributed by atoms with Crippen LogP contribution in [0.5, 0.6) is 0 Å². The number of nitrogens with zero attached hydrogens (tertiary/aromatic N) is 5. The highest BCUT2D eigenvalue weighted by molar-refractivity contribution is 7.99. The largest absolute Gasteiger partial charge is 0.377 e. The molecule has 1 aromatic heterocycles. The lowest BCUT2D eigenvalue weighted by atomic mass is 9.96. The maximum atomic E-state index is 9.17. The molecule has 1 aromatic carbocycles. The van der Waals surface area contributed by atoms with Gasteiger partial charge in [-0.2, -0.15) is 5.26 Å². The van der Waals surface area contributed by atoms with Gasteiger partial charge in [0.15, 0.2) is 6.29 Å². The van der Waals surface area contributed by atoms with Crippen molar-refractivity contribution in [2.45, 2.75) is 41.0 Å². The minimum absolute atomic E-state index is 0.283. The van der Waals surface area contributed by atoms with Gasteiger partial charge in [0, 0.05) is 34.9 Å². The number of aromatic nitrogens is 1. The molecule has 0 spiro atoms. The molecule has 2 aliphatic heterocycles. The molecule has 154 valence electrons. The van der Waals surface area contributed by atoms with E-state index in [9.17, 15) is 5.53 Å². The number of fused-ring (bicyclic) bond motifs is 1. The molecule has 0 radical (unpaired) electrons. The zero-order chi connectivity index (χ0) is 20.9. The van der Waals surface area contributed by atoms with Crippen molar-refractivity contribution >= 4 is 11.8 Å². The van der Waals surface area contributed by atoms with Gasteiger partial charge in [0.1, 0.15) is 29.8 Å². The smallest absolute Gasteiger partial charge is 0.184 e. The molecule has 0 amide bonds. The summed E-state index contributed by atoms with van der Waals surface area (Å²) in [5.74, 6) is 0. The van der Waals surface area contributed by atoms with Crippen molar-refractivity contribution < 1.29 is 18.9 Å². The van der Waals surface area contributed by atoms with E-state index in [0.29, 0.717) is 5.56 Å². The Morgan fingerprint density at radius 2 is 2.13 bits per heavy atom. The summed E-state index contributed by atoms with van der Waals surface area (Å²) in [7, 11) is 1.54.